The van der Waals surface area contributed by atoms with Crippen molar-refractivity contribution < 1.29 is 4.79 Å². The summed E-state index contributed by atoms with van der Waals surface area (Å²) in [6.45, 7) is 3.90. The van der Waals surface area contributed by atoms with Crippen molar-refractivity contribution in [3.8, 4) is 0 Å². The molecule has 3 nitrogen and oxygen atoms in total. The lowest BCUT2D eigenvalue weighted by molar-refractivity contribution is -0.123. The highest BCUT2D eigenvalue weighted by Crippen LogP contribution is 2.21. The van der Waals surface area contributed by atoms with Crippen LogP contribution in [0.2, 0.25) is 0 Å². The fourth-order valence-electron chi connectivity index (χ4n) is 2.18. The monoisotopic (exact) mass is 388 g/mol. The minimum atomic E-state index is -0.138. The molecule has 0 saturated carbocycles. The van der Waals surface area contributed by atoms with Gasteiger partial charge in [0, 0.05) is 44.2 Å². The molecular weight excluding hydrogens is 371 g/mol. The van der Waals surface area contributed by atoms with E-state index in [4.69, 9.17) is 0 Å². The Kier molecular flexibility index (Phi) is 5.29. The smallest absolute Gasteiger partial charge is 0.153 e. The number of aromatic amines is 1. The topological polar surface area (TPSA) is 44.9 Å². The van der Waals surface area contributed by atoms with Gasteiger partial charge in [0.2, 0.25) is 0 Å². The van der Waals surface area contributed by atoms with E-state index in [0.717, 1.165) is 11.9 Å². The third kappa shape index (κ3) is 3.52. The standard InChI is InChI=1S/C14H17IN2OS/c1-9(2)14(18)13(17-19-15)7-10-8-16-12-6-4-3-5-11(10)12/h3-6,8-9,13,16-17H,7H2,1-2H3. The first-order chi connectivity index (χ1) is 9.13. The third-order valence-electron chi connectivity index (χ3n) is 3.20. The number of H-pyrrole nitrogens is 1. The number of nitrogens with one attached hydrogen (secondary N) is 2. The van der Waals surface area contributed by atoms with Crippen LogP contribution in [0, 0.1) is 5.92 Å². The molecule has 2 aromatic rings. The van der Waals surface area contributed by atoms with Crippen LogP contribution >= 0.6 is 30.3 Å². The number of para-hydroxylation sites is 1. The van der Waals surface area contributed by atoms with Crippen LogP contribution in [0.4, 0.5) is 0 Å². The van der Waals surface area contributed by atoms with Crippen molar-refractivity contribution in [2.45, 2.75) is 26.3 Å². The average molecular weight is 388 g/mol. The van der Waals surface area contributed by atoms with E-state index in [0.29, 0.717) is 0 Å². The zero-order valence-electron chi connectivity index (χ0n) is 10.9. The normalized spacial score (nSPS) is 13.1. The summed E-state index contributed by atoms with van der Waals surface area (Å²) in [5.41, 5.74) is 2.31. The van der Waals surface area contributed by atoms with Crippen LogP contribution in [0.25, 0.3) is 10.9 Å². The van der Waals surface area contributed by atoms with Gasteiger partial charge in [0.05, 0.1) is 6.04 Å². The van der Waals surface area contributed by atoms with Crippen molar-refractivity contribution in [1.82, 2.24) is 9.71 Å². The highest BCUT2D eigenvalue weighted by Gasteiger charge is 2.22. The molecule has 0 fully saturated rings. The lowest BCUT2D eigenvalue weighted by atomic mass is 9.96. The van der Waals surface area contributed by atoms with Gasteiger partial charge in [-0.2, -0.15) is 0 Å². The van der Waals surface area contributed by atoms with E-state index in [1.165, 1.54) is 20.1 Å². The van der Waals surface area contributed by atoms with Gasteiger partial charge in [0.25, 0.3) is 0 Å². The number of benzene rings is 1. The van der Waals surface area contributed by atoms with Crippen LogP contribution in [0.5, 0.6) is 0 Å². The van der Waals surface area contributed by atoms with E-state index in [1.54, 1.807) is 0 Å². The second kappa shape index (κ2) is 6.76. The highest BCUT2D eigenvalue weighted by atomic mass is 127. The summed E-state index contributed by atoms with van der Waals surface area (Å²) in [6, 6.07) is 8.05. The first-order valence-corrected chi connectivity index (χ1v) is 9.61. The van der Waals surface area contributed by atoms with Gasteiger partial charge < -0.3 is 4.98 Å². The quantitative estimate of drug-likeness (QED) is 0.583. The van der Waals surface area contributed by atoms with E-state index in [2.05, 4.69) is 43.0 Å². The van der Waals surface area contributed by atoms with Gasteiger partial charge in [-0.05, 0) is 27.2 Å². The number of carbonyl (C=O) groups is 1. The van der Waals surface area contributed by atoms with E-state index in [9.17, 15) is 4.79 Å². The Morgan fingerprint density at radius 1 is 1.42 bits per heavy atom. The molecule has 1 unspecified atom stereocenters. The van der Waals surface area contributed by atoms with Gasteiger partial charge in [0.15, 0.2) is 5.78 Å². The molecule has 2 rings (SSSR count). The number of fused-ring (bicyclic) bond motifs is 1. The van der Waals surface area contributed by atoms with E-state index in [1.807, 2.05) is 32.2 Å². The largest absolute Gasteiger partial charge is 0.361 e. The Morgan fingerprint density at radius 3 is 2.84 bits per heavy atom. The number of hydrogen-bond donors (Lipinski definition) is 2. The van der Waals surface area contributed by atoms with Crippen LogP contribution in [0.15, 0.2) is 30.5 Å². The van der Waals surface area contributed by atoms with Crippen molar-refractivity contribution >= 4 is 47.0 Å². The third-order valence-corrected chi connectivity index (χ3v) is 4.33. The molecule has 1 aromatic heterocycles. The maximum Gasteiger partial charge on any atom is 0.153 e. The summed E-state index contributed by atoms with van der Waals surface area (Å²) in [6.07, 6.45) is 2.72. The first-order valence-electron chi connectivity index (χ1n) is 6.25. The maximum absolute atomic E-state index is 12.2. The van der Waals surface area contributed by atoms with Gasteiger partial charge in [-0.25, -0.2) is 4.72 Å². The lowest BCUT2D eigenvalue weighted by Gasteiger charge is -2.17. The molecule has 0 bridgehead atoms. The number of rotatable bonds is 6. The molecule has 1 heterocycles. The summed E-state index contributed by atoms with van der Waals surface area (Å²) in [5, 5.41) is 1.20. The van der Waals surface area contributed by atoms with E-state index >= 15 is 0 Å². The number of hydrogen-bond acceptors (Lipinski definition) is 3. The maximum atomic E-state index is 12.2. The average Bonchev–Trinajstić information content (AvgIpc) is 2.81. The predicted molar refractivity (Wildman–Crippen MR) is 90.4 cm³/mol. The zero-order valence-corrected chi connectivity index (χ0v) is 13.9. The van der Waals surface area contributed by atoms with Gasteiger partial charge in [0.1, 0.15) is 0 Å². The van der Waals surface area contributed by atoms with Crippen LogP contribution < -0.4 is 4.72 Å². The molecule has 0 aliphatic carbocycles. The van der Waals surface area contributed by atoms with Crippen LogP contribution in [0.3, 0.4) is 0 Å². The molecule has 0 radical (unpaired) electrons. The molecule has 1 atom stereocenters. The molecule has 0 saturated heterocycles. The second-order valence-corrected chi connectivity index (χ2v) is 6.58. The minimum absolute atomic E-state index is 0.0475. The Morgan fingerprint density at radius 2 is 2.16 bits per heavy atom. The van der Waals surface area contributed by atoms with E-state index in [-0.39, 0.29) is 17.7 Å². The van der Waals surface area contributed by atoms with Crippen molar-refractivity contribution in [3.63, 3.8) is 0 Å². The predicted octanol–water partition coefficient (Wildman–Crippen LogP) is 3.89. The lowest BCUT2D eigenvalue weighted by Crippen LogP contribution is -2.36. The summed E-state index contributed by atoms with van der Waals surface area (Å²) < 4.78 is 3.21. The molecule has 0 amide bonds. The number of halogens is 1. The number of ketones is 1. The Balaban J connectivity index is 2.23. The van der Waals surface area contributed by atoms with Crippen LogP contribution in [0.1, 0.15) is 19.4 Å². The van der Waals surface area contributed by atoms with Crippen molar-refractivity contribution in [1.29, 1.82) is 0 Å². The number of carbonyl (C=O) groups excluding carboxylic acids is 1. The molecule has 5 heteroatoms. The molecular formula is C14H17IN2OS. The Bertz CT molecular complexity index is 567. The number of aromatic nitrogens is 1. The first kappa shape index (κ1) is 14.9. The minimum Gasteiger partial charge on any atom is -0.361 e. The van der Waals surface area contributed by atoms with E-state index < -0.39 is 0 Å². The molecule has 1 aromatic carbocycles. The fourth-order valence-corrected chi connectivity index (χ4v) is 3.40. The summed E-state index contributed by atoms with van der Waals surface area (Å²) in [7, 11) is 1.47. The Hall–Kier alpha value is -0.530. The molecule has 0 aliphatic rings. The SMILES string of the molecule is CC(C)C(=O)C(Cc1c[nH]c2ccccc12)NSI. The molecule has 0 aliphatic heterocycles. The molecule has 102 valence electrons. The van der Waals surface area contributed by atoms with Gasteiger partial charge >= 0.3 is 0 Å². The zero-order chi connectivity index (χ0) is 13.8. The molecule has 2 N–H and O–H groups in total. The van der Waals surface area contributed by atoms with Gasteiger partial charge in [-0.1, -0.05) is 32.0 Å². The van der Waals surface area contributed by atoms with Crippen molar-refractivity contribution in [3.05, 3.63) is 36.0 Å². The molecule has 0 spiro atoms. The summed E-state index contributed by atoms with van der Waals surface area (Å²) >= 11 is 2.16. The highest BCUT2D eigenvalue weighted by molar-refractivity contribution is 14.2. The van der Waals surface area contributed by atoms with Crippen LogP contribution in [-0.4, -0.2) is 16.8 Å². The van der Waals surface area contributed by atoms with Gasteiger partial charge in [-0.3, -0.25) is 4.79 Å². The second-order valence-electron chi connectivity index (χ2n) is 4.87. The van der Waals surface area contributed by atoms with Crippen molar-refractivity contribution in [2.24, 2.45) is 5.92 Å². The summed E-state index contributed by atoms with van der Waals surface area (Å²) in [4.78, 5) is 15.5. The van der Waals surface area contributed by atoms with Crippen molar-refractivity contribution in [2.75, 3.05) is 0 Å². The Labute approximate surface area is 129 Å². The molecule has 19 heavy (non-hydrogen) atoms. The number of Topliss-reactive ketones (excluding diaryl/α,β-unsaturated/α-hetero) is 1. The van der Waals surface area contributed by atoms with Crippen LogP contribution in [-0.2, 0) is 11.2 Å². The summed E-state index contributed by atoms with van der Waals surface area (Å²) in [5.74, 6) is 0.306. The van der Waals surface area contributed by atoms with Gasteiger partial charge in [-0.15, -0.1) is 0 Å². The fraction of sp³-hybridized carbons (Fsp3) is 0.357.